The van der Waals surface area contributed by atoms with E-state index in [1.807, 2.05) is 19.0 Å². The third-order valence-electron chi connectivity index (χ3n) is 5.00. The Morgan fingerprint density at radius 1 is 1.27 bits per heavy atom. The maximum absolute atomic E-state index is 12.9. The SMILES string of the molecule is COc1ccc(C(O)=C2C(=O)C(=O)N(CCCN(C)C)[C@H]2c2cccnc2)c(O)c1. The maximum atomic E-state index is 12.9. The Hall–Kier alpha value is -3.39. The van der Waals surface area contributed by atoms with Crippen LogP contribution >= 0.6 is 0 Å². The third kappa shape index (κ3) is 4.13. The molecule has 0 aliphatic carbocycles. The summed E-state index contributed by atoms with van der Waals surface area (Å²) in [5.74, 6) is -1.76. The normalized spacial score (nSPS) is 18.3. The summed E-state index contributed by atoms with van der Waals surface area (Å²) >= 11 is 0. The molecule has 2 aromatic rings. The molecule has 0 saturated carbocycles. The van der Waals surface area contributed by atoms with E-state index in [1.54, 1.807) is 30.6 Å². The summed E-state index contributed by atoms with van der Waals surface area (Å²) in [6.07, 6.45) is 3.82. The molecule has 0 radical (unpaired) electrons. The van der Waals surface area contributed by atoms with E-state index in [2.05, 4.69) is 4.98 Å². The van der Waals surface area contributed by atoms with Gasteiger partial charge in [0.25, 0.3) is 11.7 Å². The monoisotopic (exact) mass is 411 g/mol. The Bertz CT molecular complexity index is 972. The van der Waals surface area contributed by atoms with Crippen LogP contribution in [0.3, 0.4) is 0 Å². The number of amides is 1. The highest BCUT2D eigenvalue weighted by atomic mass is 16.5. The van der Waals surface area contributed by atoms with Crippen LogP contribution in [0.25, 0.3) is 5.76 Å². The highest BCUT2D eigenvalue weighted by Crippen LogP contribution is 2.41. The number of carbonyl (C=O) groups excluding carboxylic acids is 2. The molecular weight excluding hydrogens is 386 g/mol. The van der Waals surface area contributed by atoms with Gasteiger partial charge < -0.3 is 24.7 Å². The zero-order valence-corrected chi connectivity index (χ0v) is 17.2. The summed E-state index contributed by atoms with van der Waals surface area (Å²) in [5.41, 5.74) is 0.588. The number of aromatic hydroxyl groups is 1. The van der Waals surface area contributed by atoms with Gasteiger partial charge in [-0.25, -0.2) is 0 Å². The summed E-state index contributed by atoms with van der Waals surface area (Å²) in [7, 11) is 5.31. The molecule has 1 atom stereocenters. The highest BCUT2D eigenvalue weighted by molar-refractivity contribution is 6.46. The molecule has 1 aliphatic rings. The molecule has 1 aliphatic heterocycles. The van der Waals surface area contributed by atoms with Crippen LogP contribution in [0.4, 0.5) is 0 Å². The van der Waals surface area contributed by atoms with Crippen LogP contribution in [0.1, 0.15) is 23.6 Å². The molecule has 0 unspecified atom stereocenters. The molecule has 2 heterocycles. The smallest absolute Gasteiger partial charge is 0.295 e. The molecule has 158 valence electrons. The number of phenolic OH excluding ortho intramolecular Hbond substituents is 1. The van der Waals surface area contributed by atoms with Gasteiger partial charge in [0.2, 0.25) is 0 Å². The number of methoxy groups -OCH3 is 1. The van der Waals surface area contributed by atoms with Gasteiger partial charge in [0.05, 0.1) is 24.3 Å². The molecule has 3 rings (SSSR count). The van der Waals surface area contributed by atoms with Crippen LogP contribution in [0.15, 0.2) is 48.3 Å². The topological polar surface area (TPSA) is 103 Å². The lowest BCUT2D eigenvalue weighted by Crippen LogP contribution is -2.32. The number of Topliss-reactive ketones (excluding diaryl/α,β-unsaturated/α-hetero) is 1. The van der Waals surface area contributed by atoms with Crippen LogP contribution in [-0.2, 0) is 9.59 Å². The number of rotatable bonds is 7. The number of pyridine rings is 1. The van der Waals surface area contributed by atoms with E-state index in [4.69, 9.17) is 4.74 Å². The van der Waals surface area contributed by atoms with E-state index < -0.39 is 23.5 Å². The Morgan fingerprint density at radius 2 is 2.03 bits per heavy atom. The average Bonchev–Trinajstić information content (AvgIpc) is 2.98. The van der Waals surface area contributed by atoms with Gasteiger partial charge >= 0.3 is 0 Å². The van der Waals surface area contributed by atoms with Crippen molar-refractivity contribution in [1.82, 2.24) is 14.8 Å². The largest absolute Gasteiger partial charge is 0.507 e. The van der Waals surface area contributed by atoms with Gasteiger partial charge in [-0.05, 0) is 50.8 Å². The van der Waals surface area contributed by atoms with E-state index in [0.29, 0.717) is 24.3 Å². The summed E-state index contributed by atoms with van der Waals surface area (Å²) in [6.45, 7) is 1.08. The van der Waals surface area contributed by atoms with Crippen molar-refractivity contribution in [2.75, 3.05) is 34.3 Å². The summed E-state index contributed by atoms with van der Waals surface area (Å²) in [5, 5.41) is 21.3. The quantitative estimate of drug-likeness (QED) is 0.409. The number of ether oxygens (including phenoxy) is 1. The van der Waals surface area contributed by atoms with Crippen molar-refractivity contribution in [3.63, 3.8) is 0 Å². The van der Waals surface area contributed by atoms with E-state index in [1.165, 1.54) is 24.1 Å². The van der Waals surface area contributed by atoms with Crippen LogP contribution < -0.4 is 4.74 Å². The van der Waals surface area contributed by atoms with Crippen molar-refractivity contribution in [3.05, 3.63) is 59.4 Å². The van der Waals surface area contributed by atoms with Gasteiger partial charge in [-0.1, -0.05) is 6.07 Å². The van der Waals surface area contributed by atoms with Crippen LogP contribution in [0.2, 0.25) is 0 Å². The molecule has 1 aromatic carbocycles. The number of hydrogen-bond donors (Lipinski definition) is 2. The fourth-order valence-corrected chi connectivity index (χ4v) is 3.54. The summed E-state index contributed by atoms with van der Waals surface area (Å²) in [6, 6.07) is 7.01. The first-order chi connectivity index (χ1) is 14.3. The number of hydrogen-bond acceptors (Lipinski definition) is 7. The number of likely N-dealkylation sites (tertiary alicyclic amines) is 1. The molecule has 2 N–H and O–H groups in total. The number of aromatic nitrogens is 1. The van der Waals surface area contributed by atoms with Gasteiger partial charge in [-0.3, -0.25) is 14.6 Å². The van der Waals surface area contributed by atoms with Gasteiger partial charge in [-0.15, -0.1) is 0 Å². The van der Waals surface area contributed by atoms with E-state index >= 15 is 0 Å². The standard InChI is InChI=1S/C22H25N3O5/c1-24(2)10-5-11-25-19(14-6-4-9-23-13-14)18(21(28)22(25)29)20(27)16-8-7-15(30-3)12-17(16)26/h4,6-9,12-13,19,26-27H,5,10-11H2,1-3H3/t19-/m0/s1. The molecule has 1 fully saturated rings. The minimum atomic E-state index is -0.790. The third-order valence-corrected chi connectivity index (χ3v) is 5.00. The number of ketones is 1. The molecule has 1 aromatic heterocycles. The summed E-state index contributed by atoms with van der Waals surface area (Å²) in [4.78, 5) is 33.3. The van der Waals surface area contributed by atoms with E-state index in [-0.39, 0.29) is 16.9 Å². The molecular formula is C22H25N3O5. The fourth-order valence-electron chi connectivity index (χ4n) is 3.54. The van der Waals surface area contributed by atoms with Gasteiger partial charge in [0.1, 0.15) is 17.3 Å². The lowest BCUT2D eigenvalue weighted by Gasteiger charge is -2.25. The second-order valence-electron chi connectivity index (χ2n) is 7.32. The predicted octanol–water partition coefficient (Wildman–Crippen LogP) is 2.17. The van der Waals surface area contributed by atoms with Gasteiger partial charge in [0.15, 0.2) is 0 Å². The second-order valence-corrected chi connectivity index (χ2v) is 7.32. The minimum absolute atomic E-state index is 0.0518. The Morgan fingerprint density at radius 3 is 2.63 bits per heavy atom. The van der Waals surface area contributed by atoms with Crippen LogP contribution in [-0.4, -0.2) is 71.0 Å². The number of carbonyl (C=O) groups is 2. The van der Waals surface area contributed by atoms with Gasteiger partial charge in [0, 0.05) is 25.0 Å². The van der Waals surface area contributed by atoms with Crippen molar-refractivity contribution in [3.8, 4) is 11.5 Å². The molecule has 1 saturated heterocycles. The Labute approximate surface area is 175 Å². The molecule has 8 nitrogen and oxygen atoms in total. The van der Waals surface area contributed by atoms with E-state index in [0.717, 1.165) is 6.54 Å². The molecule has 30 heavy (non-hydrogen) atoms. The molecule has 0 bridgehead atoms. The maximum Gasteiger partial charge on any atom is 0.295 e. The predicted molar refractivity (Wildman–Crippen MR) is 111 cm³/mol. The first kappa shape index (κ1) is 21.3. The lowest BCUT2D eigenvalue weighted by atomic mass is 9.96. The second kappa shape index (κ2) is 8.96. The number of aliphatic hydroxyl groups is 1. The fraction of sp³-hybridized carbons (Fsp3) is 0.318. The number of benzene rings is 1. The zero-order chi connectivity index (χ0) is 21.8. The van der Waals surface area contributed by atoms with Crippen LogP contribution in [0, 0.1) is 0 Å². The number of nitrogens with zero attached hydrogens (tertiary/aromatic N) is 3. The van der Waals surface area contributed by atoms with E-state index in [9.17, 15) is 19.8 Å². The van der Waals surface area contributed by atoms with Crippen molar-refractivity contribution in [1.29, 1.82) is 0 Å². The van der Waals surface area contributed by atoms with Crippen molar-refractivity contribution in [2.24, 2.45) is 0 Å². The molecule has 1 amide bonds. The Balaban J connectivity index is 2.09. The van der Waals surface area contributed by atoms with Gasteiger partial charge in [-0.2, -0.15) is 0 Å². The molecule has 0 spiro atoms. The first-order valence-corrected chi connectivity index (χ1v) is 9.55. The lowest BCUT2D eigenvalue weighted by molar-refractivity contribution is -0.139. The average molecular weight is 411 g/mol. The van der Waals surface area contributed by atoms with Crippen molar-refractivity contribution >= 4 is 17.4 Å². The Kier molecular flexibility index (Phi) is 6.37. The number of aliphatic hydroxyl groups excluding tert-OH is 1. The minimum Gasteiger partial charge on any atom is -0.507 e. The van der Waals surface area contributed by atoms with Crippen molar-refractivity contribution in [2.45, 2.75) is 12.5 Å². The summed E-state index contributed by atoms with van der Waals surface area (Å²) < 4.78 is 5.07. The van der Waals surface area contributed by atoms with Crippen LogP contribution in [0.5, 0.6) is 11.5 Å². The first-order valence-electron chi connectivity index (χ1n) is 9.55. The van der Waals surface area contributed by atoms with Crippen molar-refractivity contribution < 1.29 is 24.5 Å². The highest BCUT2D eigenvalue weighted by Gasteiger charge is 2.46. The number of phenols is 1. The zero-order valence-electron chi connectivity index (χ0n) is 17.2. The molecule has 8 heteroatoms.